The molecule has 3 aromatic carbocycles. The molecule has 0 amide bonds. The van der Waals surface area contributed by atoms with Crippen molar-refractivity contribution >= 4 is 18.1 Å². The van der Waals surface area contributed by atoms with E-state index in [1.165, 1.54) is 48.6 Å². The van der Waals surface area contributed by atoms with E-state index in [2.05, 4.69) is 4.74 Å². The molecule has 342 valence electrons. The smallest absolute Gasteiger partial charge is 0.330 e. The van der Waals surface area contributed by atoms with Gasteiger partial charge >= 0.3 is 5.97 Å². The van der Waals surface area contributed by atoms with Crippen LogP contribution in [0.4, 0.5) is 0 Å². The number of aliphatic hydroxyl groups excluding tert-OH is 9. The molecule has 0 aromatic heterocycles. The van der Waals surface area contributed by atoms with Gasteiger partial charge < -0.3 is 104 Å². The molecule has 0 spiro atoms. The second kappa shape index (κ2) is 19.2. The number of ether oxygens (including phenoxy) is 8. The second-order valence-corrected chi connectivity index (χ2v) is 15.1. The van der Waals surface area contributed by atoms with Crippen LogP contribution in [0.2, 0.25) is 0 Å². The molecule has 0 radical (unpaired) electrons. The highest BCUT2D eigenvalue weighted by atomic mass is 16.8. The molecule has 7 rings (SSSR count). The number of hydrogen-bond acceptors (Lipinski definition) is 21. The zero-order valence-electron chi connectivity index (χ0n) is 32.7. The van der Waals surface area contributed by atoms with E-state index >= 15 is 0 Å². The van der Waals surface area contributed by atoms with Crippen LogP contribution in [-0.2, 0) is 33.2 Å². The van der Waals surface area contributed by atoms with Gasteiger partial charge in [0.15, 0.2) is 29.7 Å². The number of carbonyl (C=O) groups excluding carboxylic acids is 1. The number of benzene rings is 3. The van der Waals surface area contributed by atoms with E-state index in [9.17, 15) is 71.2 Å². The Bertz CT molecular complexity index is 2130. The summed E-state index contributed by atoms with van der Waals surface area (Å²) in [5.74, 6) is -2.85. The SMILES string of the molecule is O=C(C=Cc1ccc(O)cc1)OCC1OC(OC2=Cc3c(OC4OC(CO)C(O)C(O)C4O)cc(O)cc3[OH+]C2c2ccc(O)c(O)c2)C(OC2OCC(O)C(O)C2O)C(O)C1O. The Morgan fingerprint density at radius 2 is 1.41 bits per heavy atom. The maximum Gasteiger partial charge on any atom is 0.330 e. The summed E-state index contributed by atoms with van der Waals surface area (Å²) in [6.07, 6.45) is -22.1. The Morgan fingerprint density at radius 1 is 0.714 bits per heavy atom. The van der Waals surface area contributed by atoms with Crippen LogP contribution < -0.4 is 4.74 Å². The number of phenolic OH excluding ortho intramolecular Hbond substituents is 4. The van der Waals surface area contributed by atoms with E-state index in [0.29, 0.717) is 5.56 Å². The van der Waals surface area contributed by atoms with Crippen molar-refractivity contribution in [1.29, 1.82) is 0 Å². The number of phenols is 4. The van der Waals surface area contributed by atoms with Gasteiger partial charge in [0.2, 0.25) is 12.6 Å². The zero-order chi connectivity index (χ0) is 45.3. The van der Waals surface area contributed by atoms with Crippen LogP contribution in [0.25, 0.3) is 12.2 Å². The molecule has 0 aliphatic carbocycles. The molecule has 0 bridgehead atoms. The molecule has 4 aliphatic heterocycles. The lowest BCUT2D eigenvalue weighted by Crippen LogP contribution is -2.63. The zero-order valence-corrected chi connectivity index (χ0v) is 32.7. The fourth-order valence-corrected chi connectivity index (χ4v) is 7.14. The van der Waals surface area contributed by atoms with Gasteiger partial charge in [-0.05, 0) is 42.0 Å². The number of rotatable bonds is 12. The van der Waals surface area contributed by atoms with Crippen LogP contribution in [-0.4, -0.2) is 183 Å². The molecule has 4 aliphatic rings. The number of esters is 1. The number of carbonyl (C=O) groups is 1. The average molecular weight is 892 g/mol. The Labute approximate surface area is 356 Å². The third kappa shape index (κ3) is 9.93. The van der Waals surface area contributed by atoms with Crippen LogP contribution in [0, 0.1) is 0 Å². The van der Waals surface area contributed by atoms with Gasteiger partial charge in [-0.1, -0.05) is 12.1 Å². The molecule has 15 atom stereocenters. The topological polar surface area (TPSA) is 357 Å². The highest BCUT2D eigenvalue weighted by Crippen LogP contribution is 2.47. The Morgan fingerprint density at radius 3 is 2.13 bits per heavy atom. The highest BCUT2D eigenvalue weighted by molar-refractivity contribution is 5.87. The lowest BCUT2D eigenvalue weighted by atomic mass is 9.97. The predicted octanol–water partition coefficient (Wildman–Crippen LogP) is -2.43. The maximum atomic E-state index is 12.7. The third-order valence-electron chi connectivity index (χ3n) is 10.7. The van der Waals surface area contributed by atoms with Gasteiger partial charge in [0.25, 0.3) is 11.9 Å². The van der Waals surface area contributed by atoms with Gasteiger partial charge in [-0.3, -0.25) is 0 Å². The number of hydrogen-bond donors (Lipinski definition) is 13. The molecule has 22 heteroatoms. The third-order valence-corrected chi connectivity index (χ3v) is 10.7. The summed E-state index contributed by atoms with van der Waals surface area (Å²) in [5.41, 5.74) is 0.709. The van der Waals surface area contributed by atoms with Crippen molar-refractivity contribution < 1.29 is 109 Å². The number of fused-ring (bicyclic) bond motifs is 1. The van der Waals surface area contributed by atoms with Crippen LogP contribution in [0.1, 0.15) is 22.8 Å². The normalized spacial score (nSPS) is 34.4. The van der Waals surface area contributed by atoms with Gasteiger partial charge in [0.1, 0.15) is 90.5 Å². The van der Waals surface area contributed by atoms with Gasteiger partial charge in [0, 0.05) is 18.2 Å². The summed E-state index contributed by atoms with van der Waals surface area (Å²) in [5, 5.41) is 136. The second-order valence-electron chi connectivity index (χ2n) is 15.1. The summed E-state index contributed by atoms with van der Waals surface area (Å²) >= 11 is 0. The molecule has 14 N–H and O–H groups in total. The molecule has 0 saturated carbocycles. The van der Waals surface area contributed by atoms with Gasteiger partial charge in [-0.15, -0.1) is 0 Å². The first-order valence-corrected chi connectivity index (χ1v) is 19.4. The Hall–Kier alpha value is -5.31. The van der Waals surface area contributed by atoms with E-state index in [-0.39, 0.29) is 34.1 Å². The van der Waals surface area contributed by atoms with E-state index < -0.39 is 135 Å². The first-order chi connectivity index (χ1) is 30.0. The largest absolute Gasteiger partial charge is 0.571 e. The van der Waals surface area contributed by atoms with Crippen LogP contribution in [0.5, 0.6) is 34.5 Å². The van der Waals surface area contributed by atoms with Crippen molar-refractivity contribution in [2.45, 2.75) is 92.1 Å². The average Bonchev–Trinajstić information content (AvgIpc) is 3.26. The Balaban J connectivity index is 1.23. The minimum absolute atomic E-state index is 0.00347. The molecule has 3 aromatic rings. The maximum absolute atomic E-state index is 12.7. The van der Waals surface area contributed by atoms with Crippen molar-refractivity contribution in [3.63, 3.8) is 0 Å². The first kappa shape index (κ1) is 45.7. The van der Waals surface area contributed by atoms with Gasteiger partial charge in [-0.2, -0.15) is 0 Å². The minimum Gasteiger partial charge on any atom is -0.571 e. The van der Waals surface area contributed by atoms with E-state index in [1.54, 1.807) is 0 Å². The highest BCUT2D eigenvalue weighted by Gasteiger charge is 2.52. The van der Waals surface area contributed by atoms with Crippen molar-refractivity contribution in [3.05, 3.63) is 83.1 Å². The fraction of sp³-hybridized carbons (Fsp3) is 0.439. The molecule has 15 unspecified atom stereocenters. The number of aromatic hydroxyl groups is 5. The van der Waals surface area contributed by atoms with Gasteiger partial charge in [0.05, 0.1) is 24.8 Å². The van der Waals surface area contributed by atoms with Crippen molar-refractivity contribution in [2.24, 2.45) is 0 Å². The Kier molecular flexibility index (Phi) is 13.9. The molecule has 4 heterocycles. The summed E-state index contributed by atoms with van der Waals surface area (Å²) in [7, 11) is 0. The summed E-state index contributed by atoms with van der Waals surface area (Å²) in [6, 6.07) is 11.8. The van der Waals surface area contributed by atoms with Crippen molar-refractivity contribution in [2.75, 3.05) is 19.8 Å². The van der Waals surface area contributed by atoms with Crippen LogP contribution in [0.15, 0.2) is 66.4 Å². The van der Waals surface area contributed by atoms with Crippen molar-refractivity contribution in [1.82, 2.24) is 0 Å². The summed E-state index contributed by atoms with van der Waals surface area (Å²) in [4.78, 5) is 12.7. The molecular weight excluding hydrogens is 844 g/mol. The van der Waals surface area contributed by atoms with Gasteiger partial charge in [-0.25, -0.2) is 4.79 Å². The molecule has 3 saturated heterocycles. The lowest BCUT2D eigenvalue weighted by Gasteiger charge is -2.45. The van der Waals surface area contributed by atoms with E-state index in [1.807, 2.05) is 0 Å². The predicted molar refractivity (Wildman–Crippen MR) is 207 cm³/mol. The molecule has 22 nitrogen and oxygen atoms in total. The molecular formula is C41H47O22+. The summed E-state index contributed by atoms with van der Waals surface area (Å²) < 4.78 is 45.1. The first-order valence-electron chi connectivity index (χ1n) is 19.4. The minimum atomic E-state index is -1.98. The summed E-state index contributed by atoms with van der Waals surface area (Å²) in [6.45, 7) is -1.98. The quantitative estimate of drug-likeness (QED) is 0.0389. The fourth-order valence-electron chi connectivity index (χ4n) is 7.14. The number of aliphatic hydroxyl groups is 10. The van der Waals surface area contributed by atoms with Crippen LogP contribution in [0.3, 0.4) is 0 Å². The lowest BCUT2D eigenvalue weighted by molar-refractivity contribution is -0.353. The van der Waals surface area contributed by atoms with Crippen molar-refractivity contribution in [3.8, 4) is 34.5 Å². The molecule has 3 fully saturated rings. The van der Waals surface area contributed by atoms with E-state index in [0.717, 1.165) is 24.3 Å². The molecule has 63 heavy (non-hydrogen) atoms. The van der Waals surface area contributed by atoms with Crippen LogP contribution >= 0.6 is 0 Å². The monoisotopic (exact) mass is 891 g/mol. The van der Waals surface area contributed by atoms with E-state index in [4.69, 9.17) is 33.2 Å². The standard InChI is InChI=1S/C41H46O22/c42-13-27-31(50)33(52)36(55)40(61-27)59-25-11-19(44)10-24-20(25)12-26(37(58-24)17-4-7-21(45)22(46)9-17)60-41-38(63-39-35(54)30(49)23(47)14-57-39)34(53)32(51)28(62-41)15-56-29(48)8-3-16-1-5-18(43)6-2-16/h1-12,23,27-28,30-47,49-55H,13-15H2/p+1.